The molecule has 0 aliphatic heterocycles. The molecule has 12 nitrogen and oxygen atoms in total. The zero-order valence-corrected chi connectivity index (χ0v) is 25.9. The second kappa shape index (κ2) is 11.6. The molecule has 2 aromatic carbocycles. The summed E-state index contributed by atoms with van der Waals surface area (Å²) < 4.78 is 5.71. The Morgan fingerprint density at radius 3 is 1.38 bits per heavy atom. The molecule has 0 amide bonds. The number of benzene rings is 2. The van der Waals surface area contributed by atoms with Crippen LogP contribution in [0.15, 0.2) is 79.9 Å². The third-order valence-electron chi connectivity index (χ3n) is 5.75. The van der Waals surface area contributed by atoms with E-state index in [1.165, 1.54) is 21.6 Å². The number of nitrogens with zero attached hydrogens (tertiary/aromatic N) is 12. The van der Waals surface area contributed by atoms with E-state index in [4.69, 9.17) is 10.2 Å². The fraction of sp³-hybridized carbons (Fsp3) is 0.167. The van der Waals surface area contributed by atoms with Crippen molar-refractivity contribution in [2.45, 2.75) is 37.0 Å². The summed E-state index contributed by atoms with van der Waals surface area (Å²) in [5.41, 5.74) is 3.34. The molecule has 0 bridgehead atoms. The number of halogens is 2. The van der Waals surface area contributed by atoms with Crippen LogP contribution in [0.3, 0.4) is 0 Å². The predicted octanol–water partition coefficient (Wildman–Crippen LogP) is 5.73. The van der Waals surface area contributed by atoms with Gasteiger partial charge in [-0.1, -0.05) is 31.9 Å². The van der Waals surface area contributed by atoms with Crippen LogP contribution in [-0.4, -0.2) is 60.0 Å². The highest BCUT2D eigenvalue weighted by molar-refractivity contribution is 9.10. The largest absolute Gasteiger partial charge is 0.226 e. The fourth-order valence-corrected chi connectivity index (χ4v) is 6.76. The monoisotopic (exact) mass is 698 g/mol. The van der Waals surface area contributed by atoms with Crippen molar-refractivity contribution >= 4 is 53.4 Å². The van der Waals surface area contributed by atoms with Crippen LogP contribution < -0.4 is 0 Å². The lowest BCUT2D eigenvalue weighted by atomic mass is 10.3. The van der Waals surface area contributed by atoms with Gasteiger partial charge in [0.05, 0.1) is 48.0 Å². The van der Waals surface area contributed by atoms with Crippen molar-refractivity contribution in [1.82, 2.24) is 60.0 Å². The van der Waals surface area contributed by atoms with Crippen LogP contribution in [0.2, 0.25) is 0 Å². The molecule has 6 aromatic rings. The molecule has 202 valence electrons. The fourth-order valence-electron chi connectivity index (χ4n) is 3.72. The van der Waals surface area contributed by atoms with Crippen LogP contribution in [-0.2, 0) is 13.1 Å². The second-order valence-electron chi connectivity index (χ2n) is 8.27. The number of aryl methyl sites for hydroxylation is 2. The molecule has 0 radical (unpaired) electrons. The third kappa shape index (κ3) is 5.35. The van der Waals surface area contributed by atoms with E-state index in [1.54, 1.807) is 22.0 Å². The van der Waals surface area contributed by atoms with Crippen molar-refractivity contribution in [2.75, 3.05) is 0 Å². The zero-order chi connectivity index (χ0) is 27.6. The first-order chi connectivity index (χ1) is 19.5. The Bertz CT molecular complexity index is 1630. The number of tetrazole rings is 2. The Morgan fingerprint density at radius 2 is 1.02 bits per heavy atom. The van der Waals surface area contributed by atoms with E-state index in [0.717, 1.165) is 41.5 Å². The zero-order valence-electron chi connectivity index (χ0n) is 21.1. The van der Waals surface area contributed by atoms with E-state index in [-0.39, 0.29) is 0 Å². The minimum Gasteiger partial charge on any atom is -0.226 e. The highest BCUT2D eigenvalue weighted by Gasteiger charge is 2.24. The van der Waals surface area contributed by atoms with Gasteiger partial charge in [0.25, 0.3) is 0 Å². The first kappa shape index (κ1) is 26.9. The molecule has 0 saturated carbocycles. The van der Waals surface area contributed by atoms with Crippen LogP contribution in [0.25, 0.3) is 34.2 Å². The number of hydrogen-bond acceptors (Lipinski definition) is 10. The highest BCUT2D eigenvalue weighted by atomic mass is 79.9. The number of rotatable bonds is 9. The van der Waals surface area contributed by atoms with Crippen LogP contribution in [0, 0.1) is 0 Å². The SMILES string of the molecule is CCn1nnc(-c2cnn(-c3ccc(Br)cc3)c2SSc2c(-c3nnn(CC)n3)cnn2-c2ccc(Br)cc2)n1. The van der Waals surface area contributed by atoms with Gasteiger partial charge in [0, 0.05) is 8.95 Å². The summed E-state index contributed by atoms with van der Waals surface area (Å²) in [4.78, 5) is 3.11. The summed E-state index contributed by atoms with van der Waals surface area (Å²) in [7, 11) is 3.04. The Kier molecular flexibility index (Phi) is 7.82. The molecule has 4 heterocycles. The Balaban J connectivity index is 1.44. The van der Waals surface area contributed by atoms with Crippen molar-refractivity contribution in [3.63, 3.8) is 0 Å². The lowest BCUT2D eigenvalue weighted by molar-refractivity contribution is 0.552. The summed E-state index contributed by atoms with van der Waals surface area (Å²) in [6, 6.07) is 15.9. The van der Waals surface area contributed by atoms with Gasteiger partial charge in [-0.25, -0.2) is 9.36 Å². The quantitative estimate of drug-likeness (QED) is 0.173. The smallest absolute Gasteiger partial charge is 0.209 e. The van der Waals surface area contributed by atoms with Gasteiger partial charge in [0.2, 0.25) is 11.6 Å². The highest BCUT2D eigenvalue weighted by Crippen LogP contribution is 2.45. The average Bonchev–Trinajstić information content (AvgIpc) is 3.78. The van der Waals surface area contributed by atoms with E-state index >= 15 is 0 Å². The maximum absolute atomic E-state index is 4.70. The van der Waals surface area contributed by atoms with Gasteiger partial charge >= 0.3 is 0 Å². The molecule has 6 rings (SSSR count). The molecule has 0 aliphatic rings. The van der Waals surface area contributed by atoms with Gasteiger partial charge in [-0.2, -0.15) is 19.8 Å². The second-order valence-corrected chi connectivity index (χ2v) is 12.2. The van der Waals surface area contributed by atoms with Crippen molar-refractivity contribution in [3.05, 3.63) is 69.9 Å². The summed E-state index contributed by atoms with van der Waals surface area (Å²) >= 11 is 7.03. The van der Waals surface area contributed by atoms with E-state index in [1.807, 2.05) is 71.7 Å². The van der Waals surface area contributed by atoms with Crippen molar-refractivity contribution in [2.24, 2.45) is 0 Å². The van der Waals surface area contributed by atoms with E-state index < -0.39 is 0 Å². The molecule has 4 aromatic heterocycles. The normalized spacial score (nSPS) is 11.4. The van der Waals surface area contributed by atoms with Gasteiger partial charge in [0.15, 0.2) is 0 Å². The summed E-state index contributed by atoms with van der Waals surface area (Å²) in [6.45, 7) is 5.17. The van der Waals surface area contributed by atoms with E-state index in [0.29, 0.717) is 24.7 Å². The van der Waals surface area contributed by atoms with Gasteiger partial charge in [-0.15, -0.1) is 20.4 Å². The Hall–Kier alpha value is -3.34. The van der Waals surface area contributed by atoms with Crippen LogP contribution in [0.4, 0.5) is 0 Å². The van der Waals surface area contributed by atoms with Crippen molar-refractivity contribution < 1.29 is 0 Å². The predicted molar refractivity (Wildman–Crippen MR) is 159 cm³/mol. The van der Waals surface area contributed by atoms with E-state index in [2.05, 4.69) is 62.7 Å². The molecule has 0 saturated heterocycles. The van der Waals surface area contributed by atoms with Gasteiger partial charge in [0.1, 0.15) is 10.1 Å². The molecule has 0 atom stereocenters. The molecule has 0 unspecified atom stereocenters. The van der Waals surface area contributed by atoms with Gasteiger partial charge in [-0.05, 0) is 94.4 Å². The topological polar surface area (TPSA) is 123 Å². The minimum absolute atomic E-state index is 0.502. The standard InChI is InChI=1S/C24H20Br2N12S2/c1-3-35-31-21(29-33-35)19-13-27-37(17-9-5-15(25)6-10-17)23(19)39-40-24-20(22-30-34-36(4-2)32-22)14-28-38(24)18-11-7-16(26)8-12-18/h5-14H,3-4H2,1-2H3. The van der Waals surface area contributed by atoms with Gasteiger partial charge < -0.3 is 0 Å². The lowest BCUT2D eigenvalue weighted by Gasteiger charge is -2.11. The number of hydrogen-bond donors (Lipinski definition) is 0. The Morgan fingerprint density at radius 1 is 0.625 bits per heavy atom. The van der Waals surface area contributed by atoms with E-state index in [9.17, 15) is 0 Å². The Labute approximate surface area is 253 Å². The molecule has 0 spiro atoms. The van der Waals surface area contributed by atoms with Crippen LogP contribution in [0.5, 0.6) is 0 Å². The van der Waals surface area contributed by atoms with Crippen LogP contribution in [0.1, 0.15) is 13.8 Å². The van der Waals surface area contributed by atoms with Crippen molar-refractivity contribution in [1.29, 1.82) is 0 Å². The third-order valence-corrected chi connectivity index (χ3v) is 9.18. The average molecular weight is 700 g/mol. The lowest BCUT2D eigenvalue weighted by Crippen LogP contribution is -2.00. The molecule has 16 heteroatoms. The molecule has 0 N–H and O–H groups in total. The molecular formula is C24H20Br2N12S2. The molecule has 40 heavy (non-hydrogen) atoms. The maximum Gasteiger partial charge on any atom is 0.209 e. The first-order valence-electron chi connectivity index (χ1n) is 12.1. The van der Waals surface area contributed by atoms with Crippen molar-refractivity contribution in [3.8, 4) is 34.2 Å². The maximum atomic E-state index is 4.70. The van der Waals surface area contributed by atoms with Crippen LogP contribution >= 0.6 is 53.4 Å². The molecule has 0 aliphatic carbocycles. The molecular weight excluding hydrogens is 680 g/mol. The summed E-state index contributed by atoms with van der Waals surface area (Å²) in [5, 5.41) is 37.0. The minimum atomic E-state index is 0.502. The summed E-state index contributed by atoms with van der Waals surface area (Å²) in [5.74, 6) is 1.00. The first-order valence-corrected chi connectivity index (χ1v) is 15.9. The summed E-state index contributed by atoms with van der Waals surface area (Å²) in [6.07, 6.45) is 3.53. The number of aromatic nitrogens is 12. The van der Waals surface area contributed by atoms with Gasteiger partial charge in [-0.3, -0.25) is 0 Å². The molecule has 0 fully saturated rings.